The van der Waals surface area contributed by atoms with Gasteiger partial charge < -0.3 is 14.9 Å². The van der Waals surface area contributed by atoms with E-state index in [1.807, 2.05) is 12.3 Å². The lowest BCUT2D eigenvalue weighted by Gasteiger charge is -2.17. The molecule has 22 heavy (non-hydrogen) atoms. The van der Waals surface area contributed by atoms with E-state index in [0.29, 0.717) is 16.6 Å². The Balaban J connectivity index is 2.32. The minimum absolute atomic E-state index is 0.0209. The van der Waals surface area contributed by atoms with Crippen LogP contribution in [0.5, 0.6) is 6.01 Å². The molecule has 1 aromatic carbocycles. The van der Waals surface area contributed by atoms with Crippen molar-refractivity contribution in [3.63, 3.8) is 0 Å². The Morgan fingerprint density at radius 1 is 1.50 bits per heavy atom. The summed E-state index contributed by atoms with van der Waals surface area (Å²) in [6, 6.07) is 5.48. The van der Waals surface area contributed by atoms with Crippen LogP contribution >= 0.6 is 35.0 Å². The van der Waals surface area contributed by atoms with Gasteiger partial charge in [0, 0.05) is 26.8 Å². The van der Waals surface area contributed by atoms with Gasteiger partial charge in [-0.3, -0.25) is 4.57 Å². The second kappa shape index (κ2) is 7.21. The normalized spacial score (nSPS) is 12.2. The second-order valence-electron chi connectivity index (χ2n) is 4.39. The zero-order chi connectivity index (χ0) is 16.3. The summed E-state index contributed by atoms with van der Waals surface area (Å²) in [6.45, 7) is 0.437. The summed E-state index contributed by atoms with van der Waals surface area (Å²) in [5.74, 6) is -0.251. The number of imidazole rings is 1. The van der Waals surface area contributed by atoms with E-state index >= 15 is 0 Å². The van der Waals surface area contributed by atoms with E-state index in [0.717, 1.165) is 5.56 Å². The average molecular weight is 362 g/mol. The zero-order valence-electron chi connectivity index (χ0n) is 11.8. The van der Waals surface area contributed by atoms with Gasteiger partial charge >= 0.3 is 11.8 Å². The molecule has 118 valence electrons. The van der Waals surface area contributed by atoms with Gasteiger partial charge in [-0.05, 0) is 28.9 Å². The molecule has 0 spiro atoms. The molecule has 9 heteroatoms. The van der Waals surface area contributed by atoms with Crippen LogP contribution in [0, 0.1) is 10.1 Å². The van der Waals surface area contributed by atoms with Crippen molar-refractivity contribution in [2.24, 2.45) is 0 Å². The average Bonchev–Trinajstić information content (AvgIpc) is 2.88. The lowest BCUT2D eigenvalue weighted by atomic mass is 10.1. The van der Waals surface area contributed by atoms with Crippen molar-refractivity contribution in [1.29, 1.82) is 0 Å². The smallest absolute Gasteiger partial charge is 0.414 e. The SMILES string of the molecule is COc1nc([N+](=O)[O-])cn1CC(SC)c1ccc(Cl)cc1Cl. The van der Waals surface area contributed by atoms with E-state index < -0.39 is 4.92 Å². The molecule has 1 aromatic heterocycles. The Labute approximate surface area is 141 Å². The van der Waals surface area contributed by atoms with Crippen molar-refractivity contribution in [2.45, 2.75) is 11.8 Å². The molecule has 0 radical (unpaired) electrons. The van der Waals surface area contributed by atoms with Crippen LogP contribution in [0.3, 0.4) is 0 Å². The fraction of sp³-hybridized carbons (Fsp3) is 0.308. The Hall–Kier alpha value is -1.44. The molecule has 2 rings (SSSR count). The fourth-order valence-electron chi connectivity index (χ4n) is 2.01. The first-order valence-electron chi connectivity index (χ1n) is 6.19. The van der Waals surface area contributed by atoms with Crippen LogP contribution in [-0.4, -0.2) is 27.8 Å². The number of ether oxygens (including phenoxy) is 1. The minimum Gasteiger partial charge on any atom is -0.449 e. The lowest BCUT2D eigenvalue weighted by Crippen LogP contribution is -2.07. The maximum Gasteiger partial charge on any atom is 0.414 e. The summed E-state index contributed by atoms with van der Waals surface area (Å²) in [7, 11) is 1.42. The van der Waals surface area contributed by atoms with E-state index in [-0.39, 0.29) is 17.1 Å². The van der Waals surface area contributed by atoms with Crippen LogP contribution in [0.15, 0.2) is 24.4 Å². The Morgan fingerprint density at radius 3 is 2.77 bits per heavy atom. The number of halogens is 2. The highest BCUT2D eigenvalue weighted by Gasteiger charge is 2.23. The van der Waals surface area contributed by atoms with Crippen LogP contribution in [0.25, 0.3) is 0 Å². The molecule has 1 unspecified atom stereocenters. The molecule has 0 fully saturated rings. The quantitative estimate of drug-likeness (QED) is 0.569. The highest BCUT2D eigenvalue weighted by Crippen LogP contribution is 2.36. The number of hydrogen-bond acceptors (Lipinski definition) is 5. The Kier molecular flexibility index (Phi) is 5.55. The van der Waals surface area contributed by atoms with E-state index in [2.05, 4.69) is 4.98 Å². The zero-order valence-corrected chi connectivity index (χ0v) is 14.2. The maximum atomic E-state index is 10.8. The molecule has 0 bridgehead atoms. The molecule has 0 amide bonds. The number of benzene rings is 1. The molecule has 1 atom stereocenters. The molecule has 6 nitrogen and oxygen atoms in total. The number of methoxy groups -OCH3 is 1. The number of thioether (sulfide) groups is 1. The third-order valence-electron chi connectivity index (χ3n) is 3.05. The predicted molar refractivity (Wildman–Crippen MR) is 88.2 cm³/mol. The van der Waals surface area contributed by atoms with Gasteiger partial charge in [0.15, 0.2) is 0 Å². The van der Waals surface area contributed by atoms with Crippen molar-refractivity contribution >= 4 is 40.8 Å². The highest BCUT2D eigenvalue weighted by atomic mass is 35.5. The standard InChI is InChI=1S/C13H13Cl2N3O3S/c1-21-13-16-12(18(19)20)7-17(13)6-11(22-2)9-4-3-8(14)5-10(9)15/h3-5,7,11H,6H2,1-2H3. The third-order valence-corrected chi connectivity index (χ3v) is 4.59. The lowest BCUT2D eigenvalue weighted by molar-refractivity contribution is -0.389. The van der Waals surface area contributed by atoms with E-state index in [1.165, 1.54) is 13.3 Å². The number of aromatic nitrogens is 2. The van der Waals surface area contributed by atoms with Crippen LogP contribution in [0.2, 0.25) is 10.0 Å². The maximum absolute atomic E-state index is 10.8. The van der Waals surface area contributed by atoms with Gasteiger partial charge in [0.05, 0.1) is 7.11 Å². The van der Waals surface area contributed by atoms with Crippen molar-refractivity contribution in [2.75, 3.05) is 13.4 Å². The van der Waals surface area contributed by atoms with Gasteiger partial charge in [-0.15, -0.1) is 0 Å². The van der Waals surface area contributed by atoms with Gasteiger partial charge in [0.25, 0.3) is 0 Å². The largest absolute Gasteiger partial charge is 0.449 e. The molecule has 0 N–H and O–H groups in total. The number of nitro groups is 1. The summed E-state index contributed by atoms with van der Waals surface area (Å²) >= 11 is 13.7. The van der Waals surface area contributed by atoms with E-state index in [9.17, 15) is 10.1 Å². The van der Waals surface area contributed by atoms with E-state index in [1.54, 1.807) is 28.5 Å². The molecular formula is C13H13Cl2N3O3S. The minimum atomic E-state index is -0.553. The molecule has 2 aromatic rings. The summed E-state index contributed by atoms with van der Waals surface area (Å²) in [5.41, 5.74) is 0.900. The van der Waals surface area contributed by atoms with Gasteiger partial charge in [-0.1, -0.05) is 29.3 Å². The molecule has 0 aliphatic carbocycles. The Morgan fingerprint density at radius 2 is 2.23 bits per heavy atom. The summed E-state index contributed by atoms with van der Waals surface area (Å²) in [5, 5.41) is 11.9. The predicted octanol–water partition coefficient (Wildman–Crippen LogP) is 4.21. The van der Waals surface area contributed by atoms with Crippen molar-refractivity contribution in [3.05, 3.63) is 50.1 Å². The molecule has 1 heterocycles. The summed E-state index contributed by atoms with van der Waals surface area (Å²) < 4.78 is 6.69. The number of hydrogen-bond donors (Lipinski definition) is 0. The molecule has 0 aliphatic heterocycles. The first kappa shape index (κ1) is 16.9. The van der Waals surface area contributed by atoms with E-state index in [4.69, 9.17) is 27.9 Å². The second-order valence-corrected chi connectivity index (χ2v) is 6.27. The van der Waals surface area contributed by atoms with Crippen LogP contribution in [0.4, 0.5) is 5.82 Å². The monoisotopic (exact) mass is 361 g/mol. The van der Waals surface area contributed by atoms with Gasteiger partial charge in [-0.2, -0.15) is 11.8 Å². The topological polar surface area (TPSA) is 70.2 Å². The van der Waals surface area contributed by atoms with Crippen molar-refractivity contribution < 1.29 is 9.66 Å². The number of nitrogens with zero attached hydrogens (tertiary/aromatic N) is 3. The van der Waals surface area contributed by atoms with Crippen molar-refractivity contribution in [3.8, 4) is 6.01 Å². The third kappa shape index (κ3) is 3.66. The first-order chi connectivity index (χ1) is 10.5. The molecule has 0 aliphatic rings. The molecule has 0 saturated heterocycles. The molecule has 0 saturated carbocycles. The van der Waals surface area contributed by atoms with Crippen LogP contribution in [-0.2, 0) is 6.54 Å². The fourth-order valence-corrected chi connectivity index (χ4v) is 3.38. The van der Waals surface area contributed by atoms with Crippen LogP contribution in [0.1, 0.15) is 10.8 Å². The summed E-state index contributed by atoms with van der Waals surface area (Å²) in [6.07, 6.45) is 3.29. The molecular weight excluding hydrogens is 349 g/mol. The first-order valence-corrected chi connectivity index (χ1v) is 8.24. The van der Waals surface area contributed by atoms with Gasteiger partial charge in [0.2, 0.25) is 0 Å². The van der Waals surface area contributed by atoms with Crippen molar-refractivity contribution in [1.82, 2.24) is 9.55 Å². The highest BCUT2D eigenvalue weighted by molar-refractivity contribution is 7.98. The van der Waals surface area contributed by atoms with Gasteiger partial charge in [-0.25, -0.2) is 0 Å². The number of rotatable bonds is 6. The van der Waals surface area contributed by atoms with Gasteiger partial charge in [0.1, 0.15) is 6.20 Å². The summed E-state index contributed by atoms with van der Waals surface area (Å²) in [4.78, 5) is 14.1. The van der Waals surface area contributed by atoms with Crippen LogP contribution < -0.4 is 4.74 Å². The Bertz CT molecular complexity index is 693.